The molecule has 142 valence electrons. The Labute approximate surface area is 192 Å². The topological polar surface area (TPSA) is 26.3 Å². The molecule has 0 heterocycles. The molecule has 0 bridgehead atoms. The lowest BCUT2D eigenvalue weighted by molar-refractivity contribution is -0.155. The van der Waals surface area contributed by atoms with Crippen LogP contribution >= 0.6 is 79.6 Å². The van der Waals surface area contributed by atoms with Gasteiger partial charge in [0.15, 0.2) is 0 Å². The van der Waals surface area contributed by atoms with Crippen LogP contribution in [0, 0.1) is 16.7 Å². The van der Waals surface area contributed by atoms with E-state index in [0.717, 1.165) is 34.3 Å². The average molecular weight is 671 g/mol. The number of rotatable bonds is 4. The van der Waals surface area contributed by atoms with E-state index in [9.17, 15) is 4.79 Å². The molecule has 1 rings (SSSR count). The highest BCUT2D eigenvalue weighted by Crippen LogP contribution is 2.45. The zero-order chi connectivity index (χ0) is 19.7. The minimum atomic E-state index is -0.160. The number of hydrogen-bond donors (Lipinski definition) is 0. The van der Waals surface area contributed by atoms with E-state index in [1.54, 1.807) is 0 Å². The first-order chi connectivity index (χ1) is 11.2. The Morgan fingerprint density at radius 1 is 0.840 bits per heavy atom. The monoisotopic (exact) mass is 666 g/mol. The first kappa shape index (κ1) is 24.1. The van der Waals surface area contributed by atoms with Crippen molar-refractivity contribution < 1.29 is 9.53 Å². The summed E-state index contributed by atoms with van der Waals surface area (Å²) in [7, 11) is 0. The van der Waals surface area contributed by atoms with E-state index in [2.05, 4.69) is 121 Å². The molecule has 25 heavy (non-hydrogen) atoms. The molecular formula is C18H23Br5O2. The normalized spacial score (nSPS) is 13.7. The van der Waals surface area contributed by atoms with Crippen molar-refractivity contribution in [2.45, 2.75) is 54.6 Å². The molecule has 1 atom stereocenters. The number of carbonyl (C=O) groups excluding carboxylic acids is 1. The van der Waals surface area contributed by atoms with Crippen molar-refractivity contribution in [1.82, 2.24) is 0 Å². The third kappa shape index (κ3) is 6.58. The van der Waals surface area contributed by atoms with Crippen molar-refractivity contribution in [2.24, 2.45) is 16.7 Å². The maximum atomic E-state index is 12.8. The minimum Gasteiger partial charge on any atom is -0.460 e. The van der Waals surface area contributed by atoms with Gasteiger partial charge in [0.25, 0.3) is 0 Å². The van der Waals surface area contributed by atoms with Crippen molar-refractivity contribution in [2.75, 3.05) is 0 Å². The largest absolute Gasteiger partial charge is 0.460 e. The molecule has 1 aromatic carbocycles. The third-order valence-electron chi connectivity index (χ3n) is 3.81. The summed E-state index contributed by atoms with van der Waals surface area (Å²) in [5, 5.41) is 0. The fourth-order valence-corrected chi connectivity index (χ4v) is 5.73. The van der Waals surface area contributed by atoms with E-state index in [1.807, 2.05) is 0 Å². The summed E-state index contributed by atoms with van der Waals surface area (Å²) in [6.45, 7) is 12.9. The highest BCUT2D eigenvalue weighted by atomic mass is 79.9. The Morgan fingerprint density at radius 3 is 1.60 bits per heavy atom. The van der Waals surface area contributed by atoms with Crippen LogP contribution in [0.4, 0.5) is 0 Å². The van der Waals surface area contributed by atoms with Crippen LogP contribution in [-0.2, 0) is 16.1 Å². The van der Waals surface area contributed by atoms with E-state index < -0.39 is 0 Å². The Bertz CT molecular complexity index is 628. The number of benzene rings is 1. The number of hydrogen-bond acceptors (Lipinski definition) is 2. The van der Waals surface area contributed by atoms with Crippen LogP contribution in [0.1, 0.15) is 53.5 Å². The fourth-order valence-electron chi connectivity index (χ4n) is 2.38. The zero-order valence-corrected chi connectivity index (χ0v) is 23.1. The van der Waals surface area contributed by atoms with Gasteiger partial charge in [-0.2, -0.15) is 0 Å². The molecular weight excluding hydrogens is 648 g/mol. The first-order valence-corrected chi connectivity index (χ1v) is 11.8. The molecule has 0 spiro atoms. The fraction of sp³-hybridized carbons (Fsp3) is 0.611. The van der Waals surface area contributed by atoms with Gasteiger partial charge < -0.3 is 4.74 Å². The van der Waals surface area contributed by atoms with Gasteiger partial charge in [-0.3, -0.25) is 4.79 Å². The van der Waals surface area contributed by atoms with E-state index in [0.29, 0.717) is 0 Å². The van der Waals surface area contributed by atoms with Crippen LogP contribution in [-0.4, -0.2) is 5.97 Å². The van der Waals surface area contributed by atoms with Crippen LogP contribution in [0.3, 0.4) is 0 Å². The van der Waals surface area contributed by atoms with Gasteiger partial charge >= 0.3 is 5.97 Å². The highest BCUT2D eigenvalue weighted by Gasteiger charge is 2.36. The van der Waals surface area contributed by atoms with E-state index in [-0.39, 0.29) is 29.3 Å². The Morgan fingerprint density at radius 2 is 1.24 bits per heavy atom. The lowest BCUT2D eigenvalue weighted by Gasteiger charge is -2.33. The molecule has 0 aliphatic heterocycles. The van der Waals surface area contributed by atoms with E-state index >= 15 is 0 Å². The molecule has 0 saturated carbocycles. The van der Waals surface area contributed by atoms with Crippen LogP contribution in [0.25, 0.3) is 0 Å². The SMILES string of the molecule is CC(C)(C)CC(C(=O)OCc1c(Br)c(Br)c(Br)c(Br)c1Br)C(C)(C)C. The maximum Gasteiger partial charge on any atom is 0.309 e. The van der Waals surface area contributed by atoms with Gasteiger partial charge in [-0.25, -0.2) is 0 Å². The van der Waals surface area contributed by atoms with Gasteiger partial charge in [-0.1, -0.05) is 41.5 Å². The van der Waals surface area contributed by atoms with Crippen molar-refractivity contribution in [3.63, 3.8) is 0 Å². The smallest absolute Gasteiger partial charge is 0.309 e. The summed E-state index contributed by atoms with van der Waals surface area (Å²) in [6.07, 6.45) is 0.783. The Kier molecular flexibility index (Phi) is 8.74. The summed E-state index contributed by atoms with van der Waals surface area (Å²) in [4.78, 5) is 12.8. The third-order valence-corrected chi connectivity index (χ3v) is 10.1. The van der Waals surface area contributed by atoms with Crippen LogP contribution in [0.2, 0.25) is 0 Å². The quantitative estimate of drug-likeness (QED) is 0.182. The molecule has 0 fully saturated rings. The summed E-state index contributed by atoms with van der Waals surface area (Å²) < 4.78 is 10.1. The highest BCUT2D eigenvalue weighted by molar-refractivity contribution is 9.15. The number of carbonyl (C=O) groups is 1. The first-order valence-electron chi connectivity index (χ1n) is 7.83. The number of esters is 1. The Hall–Kier alpha value is 1.09. The number of ether oxygens (including phenoxy) is 1. The zero-order valence-electron chi connectivity index (χ0n) is 15.2. The second-order valence-corrected chi connectivity index (χ2v) is 12.3. The average Bonchev–Trinajstić information content (AvgIpc) is 2.46. The van der Waals surface area contributed by atoms with Crippen molar-refractivity contribution in [3.8, 4) is 0 Å². The second-order valence-electron chi connectivity index (χ2n) is 8.34. The van der Waals surface area contributed by atoms with Crippen molar-refractivity contribution in [3.05, 3.63) is 27.9 Å². The maximum absolute atomic E-state index is 12.8. The molecule has 7 heteroatoms. The minimum absolute atomic E-state index is 0.0573. The molecule has 0 radical (unpaired) electrons. The lowest BCUT2D eigenvalue weighted by Crippen LogP contribution is -2.33. The van der Waals surface area contributed by atoms with Gasteiger partial charge in [0.2, 0.25) is 0 Å². The van der Waals surface area contributed by atoms with Gasteiger partial charge in [0.05, 0.1) is 5.92 Å². The Balaban J connectivity index is 3.06. The number of halogens is 5. The van der Waals surface area contributed by atoms with Crippen molar-refractivity contribution >= 4 is 85.6 Å². The van der Waals surface area contributed by atoms with Gasteiger partial charge in [-0.05, 0) is 96.9 Å². The summed E-state index contributed by atoms with van der Waals surface area (Å²) in [5.74, 6) is -0.316. The summed E-state index contributed by atoms with van der Waals surface area (Å²) in [6, 6.07) is 0. The van der Waals surface area contributed by atoms with Gasteiger partial charge in [-0.15, -0.1) is 0 Å². The lowest BCUT2D eigenvalue weighted by atomic mass is 9.72. The second kappa shape index (κ2) is 9.06. The van der Waals surface area contributed by atoms with E-state index in [1.165, 1.54) is 0 Å². The molecule has 1 aromatic rings. The standard InChI is InChI=1S/C18H23Br5O2/c1-17(2,3)7-10(18(4,5)6)16(24)25-8-9-11(19)13(21)15(23)14(22)12(9)20/h10H,7-8H2,1-6H3. The summed E-state index contributed by atoms with van der Waals surface area (Å²) in [5.41, 5.74) is 0.778. The molecule has 2 nitrogen and oxygen atoms in total. The predicted molar refractivity (Wildman–Crippen MR) is 122 cm³/mol. The molecule has 0 aromatic heterocycles. The molecule has 0 saturated heterocycles. The summed E-state index contributed by atoms with van der Waals surface area (Å²) >= 11 is 17.7. The van der Waals surface area contributed by atoms with Crippen molar-refractivity contribution in [1.29, 1.82) is 0 Å². The molecule has 0 amide bonds. The van der Waals surface area contributed by atoms with E-state index in [4.69, 9.17) is 4.74 Å². The molecule has 0 aliphatic rings. The molecule has 0 aliphatic carbocycles. The van der Waals surface area contributed by atoms with Gasteiger partial charge in [0.1, 0.15) is 6.61 Å². The van der Waals surface area contributed by atoms with Crippen LogP contribution in [0.5, 0.6) is 0 Å². The van der Waals surface area contributed by atoms with Crippen LogP contribution in [0.15, 0.2) is 22.4 Å². The predicted octanol–water partition coefficient (Wildman–Crippen LogP) is 8.64. The van der Waals surface area contributed by atoms with Crippen LogP contribution < -0.4 is 0 Å². The van der Waals surface area contributed by atoms with Gasteiger partial charge in [0, 0.05) is 27.9 Å². The molecule has 1 unspecified atom stereocenters. The molecule has 0 N–H and O–H groups in total.